The van der Waals surface area contributed by atoms with E-state index in [1.165, 1.54) is 26.1 Å². The van der Waals surface area contributed by atoms with Crippen molar-refractivity contribution in [1.29, 1.82) is 0 Å². The molecule has 0 spiro atoms. The third kappa shape index (κ3) is 2.27. The maximum atomic E-state index is 11.9. The van der Waals surface area contributed by atoms with Crippen LogP contribution in [0, 0.1) is 12.8 Å². The van der Waals surface area contributed by atoms with Gasteiger partial charge in [-0.15, -0.1) is 11.3 Å². The van der Waals surface area contributed by atoms with Crippen LogP contribution >= 0.6 is 11.3 Å². The average Bonchev–Trinajstić information content (AvgIpc) is 2.76. The molecule has 3 rings (SSSR count). The van der Waals surface area contributed by atoms with Crippen LogP contribution < -0.4 is 0 Å². The first kappa shape index (κ1) is 12.7. The van der Waals surface area contributed by atoms with Gasteiger partial charge >= 0.3 is 5.97 Å². The fourth-order valence-corrected chi connectivity index (χ4v) is 4.17. The van der Waals surface area contributed by atoms with Crippen molar-refractivity contribution in [3.8, 4) is 0 Å². The van der Waals surface area contributed by atoms with Crippen molar-refractivity contribution in [2.45, 2.75) is 33.1 Å². The second kappa shape index (κ2) is 4.97. The summed E-state index contributed by atoms with van der Waals surface area (Å²) in [5.41, 5.74) is 2.77. The van der Waals surface area contributed by atoms with E-state index in [9.17, 15) is 4.79 Å². The number of carbonyl (C=O) groups excluding carboxylic acids is 1. The first-order valence-corrected chi connectivity index (χ1v) is 7.68. The molecule has 100 valence electrons. The fraction of sp³-hybridized carbons (Fsp3) is 0.438. The SMILES string of the molecule is CCOC(=O)C1CCc2c(sc3ccc(C)cc23)C1. The predicted octanol–water partition coefficient (Wildman–Crippen LogP) is 3.88. The molecule has 1 aromatic heterocycles. The molecule has 0 aliphatic heterocycles. The smallest absolute Gasteiger partial charge is 0.309 e. The van der Waals surface area contributed by atoms with Crippen LogP contribution in [-0.4, -0.2) is 12.6 Å². The van der Waals surface area contributed by atoms with Crippen LogP contribution in [-0.2, 0) is 22.4 Å². The van der Waals surface area contributed by atoms with E-state index in [4.69, 9.17) is 4.74 Å². The monoisotopic (exact) mass is 274 g/mol. The van der Waals surface area contributed by atoms with E-state index in [-0.39, 0.29) is 11.9 Å². The zero-order valence-corrected chi connectivity index (χ0v) is 12.2. The fourth-order valence-electron chi connectivity index (χ4n) is 2.86. The van der Waals surface area contributed by atoms with E-state index in [0.29, 0.717) is 6.61 Å². The summed E-state index contributed by atoms with van der Waals surface area (Å²) in [6, 6.07) is 6.63. The van der Waals surface area contributed by atoms with Crippen molar-refractivity contribution in [1.82, 2.24) is 0 Å². The van der Waals surface area contributed by atoms with E-state index >= 15 is 0 Å². The molecule has 2 aromatic rings. The van der Waals surface area contributed by atoms with Gasteiger partial charge in [-0.05, 0) is 50.1 Å². The Morgan fingerprint density at radius 3 is 3.11 bits per heavy atom. The van der Waals surface area contributed by atoms with Gasteiger partial charge in [0.2, 0.25) is 0 Å². The highest BCUT2D eigenvalue weighted by atomic mass is 32.1. The molecule has 0 saturated heterocycles. The quantitative estimate of drug-likeness (QED) is 0.777. The van der Waals surface area contributed by atoms with Crippen molar-refractivity contribution in [3.05, 3.63) is 34.2 Å². The van der Waals surface area contributed by atoms with Crippen LogP contribution in [0.5, 0.6) is 0 Å². The molecule has 1 aromatic carbocycles. The zero-order valence-electron chi connectivity index (χ0n) is 11.4. The first-order valence-electron chi connectivity index (χ1n) is 6.86. The number of ether oxygens (including phenoxy) is 1. The molecular formula is C16H18O2S. The van der Waals surface area contributed by atoms with Gasteiger partial charge < -0.3 is 4.74 Å². The maximum Gasteiger partial charge on any atom is 0.309 e. The molecule has 1 aliphatic carbocycles. The normalized spacial score (nSPS) is 18.3. The van der Waals surface area contributed by atoms with Crippen molar-refractivity contribution in [3.63, 3.8) is 0 Å². The molecule has 1 atom stereocenters. The van der Waals surface area contributed by atoms with Gasteiger partial charge in [0.25, 0.3) is 0 Å². The molecule has 0 saturated carbocycles. The lowest BCUT2D eigenvalue weighted by molar-refractivity contribution is -0.148. The van der Waals surface area contributed by atoms with E-state index in [0.717, 1.165) is 19.3 Å². The van der Waals surface area contributed by atoms with Gasteiger partial charge in [0.15, 0.2) is 0 Å². The Morgan fingerprint density at radius 2 is 2.32 bits per heavy atom. The molecule has 19 heavy (non-hydrogen) atoms. The van der Waals surface area contributed by atoms with Gasteiger partial charge in [-0.2, -0.15) is 0 Å². The third-order valence-corrected chi connectivity index (χ3v) is 5.06. The van der Waals surface area contributed by atoms with E-state index in [1.54, 1.807) is 0 Å². The van der Waals surface area contributed by atoms with E-state index in [2.05, 4.69) is 25.1 Å². The molecular weight excluding hydrogens is 256 g/mol. The standard InChI is InChI=1S/C16H18O2S/c1-3-18-16(17)11-5-6-12-13-8-10(2)4-7-14(13)19-15(12)9-11/h4,7-8,11H,3,5-6,9H2,1-2H3. The van der Waals surface area contributed by atoms with Gasteiger partial charge in [-0.1, -0.05) is 17.7 Å². The van der Waals surface area contributed by atoms with Crippen LogP contribution in [0.3, 0.4) is 0 Å². The summed E-state index contributed by atoms with van der Waals surface area (Å²) >= 11 is 1.84. The van der Waals surface area contributed by atoms with Crippen molar-refractivity contribution < 1.29 is 9.53 Å². The van der Waals surface area contributed by atoms with Gasteiger partial charge in [0, 0.05) is 9.58 Å². The van der Waals surface area contributed by atoms with Crippen molar-refractivity contribution in [2.75, 3.05) is 6.61 Å². The van der Waals surface area contributed by atoms with Gasteiger partial charge in [-0.3, -0.25) is 4.79 Å². The summed E-state index contributed by atoms with van der Waals surface area (Å²) in [4.78, 5) is 13.2. The number of aryl methyl sites for hydroxylation is 2. The lowest BCUT2D eigenvalue weighted by Crippen LogP contribution is -2.23. The Kier molecular flexibility index (Phi) is 3.31. The topological polar surface area (TPSA) is 26.3 Å². The molecule has 2 nitrogen and oxygen atoms in total. The van der Waals surface area contributed by atoms with Crippen LogP contribution in [0.2, 0.25) is 0 Å². The Balaban J connectivity index is 1.93. The second-order valence-electron chi connectivity index (χ2n) is 5.20. The summed E-state index contributed by atoms with van der Waals surface area (Å²) in [7, 11) is 0. The lowest BCUT2D eigenvalue weighted by Gasteiger charge is -2.20. The number of hydrogen-bond acceptors (Lipinski definition) is 3. The van der Waals surface area contributed by atoms with Gasteiger partial charge in [-0.25, -0.2) is 0 Å². The highest BCUT2D eigenvalue weighted by Gasteiger charge is 2.28. The molecule has 0 radical (unpaired) electrons. The van der Waals surface area contributed by atoms with Crippen molar-refractivity contribution in [2.24, 2.45) is 5.92 Å². The predicted molar refractivity (Wildman–Crippen MR) is 78.7 cm³/mol. The molecule has 1 heterocycles. The van der Waals surface area contributed by atoms with Gasteiger partial charge in [0.05, 0.1) is 12.5 Å². The number of benzene rings is 1. The molecule has 0 fully saturated rings. The molecule has 0 bridgehead atoms. The number of fused-ring (bicyclic) bond motifs is 3. The van der Waals surface area contributed by atoms with Crippen LogP contribution in [0.1, 0.15) is 29.3 Å². The minimum atomic E-state index is -0.0261. The molecule has 1 aliphatic rings. The Hall–Kier alpha value is -1.35. The highest BCUT2D eigenvalue weighted by molar-refractivity contribution is 7.19. The minimum absolute atomic E-state index is 0.0261. The molecule has 3 heteroatoms. The Morgan fingerprint density at radius 1 is 1.47 bits per heavy atom. The zero-order chi connectivity index (χ0) is 13.4. The first-order chi connectivity index (χ1) is 9.19. The lowest BCUT2D eigenvalue weighted by atomic mass is 9.87. The summed E-state index contributed by atoms with van der Waals surface area (Å²) < 4.78 is 6.50. The highest BCUT2D eigenvalue weighted by Crippen LogP contribution is 2.38. The van der Waals surface area contributed by atoms with E-state index < -0.39 is 0 Å². The summed E-state index contributed by atoms with van der Waals surface area (Å²) in [5.74, 6) is 0.0309. The molecule has 1 unspecified atom stereocenters. The van der Waals surface area contributed by atoms with Crippen LogP contribution in [0.25, 0.3) is 10.1 Å². The largest absolute Gasteiger partial charge is 0.466 e. The van der Waals surface area contributed by atoms with Crippen LogP contribution in [0.4, 0.5) is 0 Å². The summed E-state index contributed by atoms with van der Waals surface area (Å²) in [6.45, 7) is 4.48. The second-order valence-corrected chi connectivity index (χ2v) is 6.33. The number of rotatable bonds is 2. The summed E-state index contributed by atoms with van der Waals surface area (Å²) in [5, 5.41) is 1.39. The average molecular weight is 274 g/mol. The minimum Gasteiger partial charge on any atom is -0.466 e. The number of esters is 1. The third-order valence-electron chi connectivity index (χ3n) is 3.82. The number of hydrogen-bond donors (Lipinski definition) is 0. The molecule has 0 N–H and O–H groups in total. The van der Waals surface area contributed by atoms with Crippen molar-refractivity contribution >= 4 is 27.4 Å². The van der Waals surface area contributed by atoms with Crippen LogP contribution in [0.15, 0.2) is 18.2 Å². The summed E-state index contributed by atoms with van der Waals surface area (Å²) in [6.07, 6.45) is 2.78. The maximum absolute atomic E-state index is 11.9. The van der Waals surface area contributed by atoms with E-state index in [1.807, 2.05) is 18.3 Å². The van der Waals surface area contributed by atoms with Gasteiger partial charge in [0.1, 0.15) is 0 Å². The Bertz CT molecular complexity index is 627. The molecule has 0 amide bonds. The number of thiophene rings is 1. The number of carbonyl (C=O) groups is 1. The Labute approximate surface area is 117 Å².